The summed E-state index contributed by atoms with van der Waals surface area (Å²) < 4.78 is 16.9. The van der Waals surface area contributed by atoms with E-state index in [0.717, 1.165) is 4.88 Å². The number of ether oxygens (including phenoxy) is 3. The molecule has 1 aliphatic heterocycles. The van der Waals surface area contributed by atoms with E-state index in [2.05, 4.69) is 10.1 Å². The molecule has 0 radical (unpaired) electrons. The number of methoxy groups -OCH3 is 1. The monoisotopic (exact) mass is 329 g/mol. The Morgan fingerprint density at radius 1 is 1.30 bits per heavy atom. The summed E-state index contributed by atoms with van der Waals surface area (Å²) in [5.74, 6) is 1.29. The van der Waals surface area contributed by atoms with Gasteiger partial charge in [-0.2, -0.15) is 9.67 Å². The zero-order chi connectivity index (χ0) is 15.8. The number of thiophene rings is 1. The average Bonchev–Trinajstić information content (AvgIpc) is 3.31. The fraction of sp³-hybridized carbons (Fsp3) is 0.133. The summed E-state index contributed by atoms with van der Waals surface area (Å²) in [6, 6.07) is 8.91. The van der Waals surface area contributed by atoms with E-state index in [-0.39, 0.29) is 18.7 Å². The molecule has 3 aromatic rings. The highest BCUT2D eigenvalue weighted by Gasteiger charge is 2.22. The highest BCUT2D eigenvalue weighted by molar-refractivity contribution is 7.13. The van der Waals surface area contributed by atoms with Crippen LogP contribution in [0.2, 0.25) is 0 Å². The van der Waals surface area contributed by atoms with E-state index >= 15 is 0 Å². The summed E-state index contributed by atoms with van der Waals surface area (Å²) in [4.78, 5) is 17.9. The van der Waals surface area contributed by atoms with Crippen LogP contribution in [0, 0.1) is 0 Å². The molecule has 3 heterocycles. The molecule has 0 aliphatic carbocycles. The molecule has 0 amide bonds. The van der Waals surface area contributed by atoms with Crippen molar-refractivity contribution in [1.82, 2.24) is 14.8 Å². The molecule has 0 atom stereocenters. The molecule has 116 valence electrons. The predicted octanol–water partition coefficient (Wildman–Crippen LogP) is 2.43. The van der Waals surface area contributed by atoms with Crippen LogP contribution < -0.4 is 14.2 Å². The van der Waals surface area contributed by atoms with Gasteiger partial charge in [-0.1, -0.05) is 6.07 Å². The number of hydrogen-bond donors (Lipinski definition) is 0. The predicted molar refractivity (Wildman–Crippen MR) is 82.2 cm³/mol. The highest BCUT2D eigenvalue weighted by Crippen LogP contribution is 2.33. The molecule has 0 bridgehead atoms. The van der Waals surface area contributed by atoms with Crippen molar-refractivity contribution in [2.45, 2.75) is 0 Å². The highest BCUT2D eigenvalue weighted by atomic mass is 32.1. The maximum Gasteiger partial charge on any atom is 0.336 e. The van der Waals surface area contributed by atoms with Gasteiger partial charge in [0.05, 0.1) is 12.0 Å². The molecule has 0 fully saturated rings. The minimum Gasteiger partial charge on any atom is -0.466 e. The number of nitrogens with zero attached hydrogens (tertiary/aromatic N) is 3. The van der Waals surface area contributed by atoms with Crippen LogP contribution in [0.1, 0.15) is 10.4 Å². The lowest BCUT2D eigenvalue weighted by Crippen LogP contribution is -2.15. The van der Waals surface area contributed by atoms with Crippen LogP contribution in [-0.4, -0.2) is 34.6 Å². The zero-order valence-electron chi connectivity index (χ0n) is 12.1. The third-order valence-electron chi connectivity index (χ3n) is 3.32. The molecule has 23 heavy (non-hydrogen) atoms. The van der Waals surface area contributed by atoms with E-state index in [1.54, 1.807) is 18.2 Å². The first-order valence-corrected chi connectivity index (χ1v) is 7.63. The maximum absolute atomic E-state index is 12.8. The van der Waals surface area contributed by atoms with Gasteiger partial charge in [0, 0.05) is 5.56 Å². The normalized spacial score (nSPS) is 12.4. The largest absolute Gasteiger partial charge is 0.466 e. The van der Waals surface area contributed by atoms with Crippen molar-refractivity contribution in [1.29, 1.82) is 0 Å². The number of carbonyl (C=O) groups excluding carboxylic acids is 1. The van der Waals surface area contributed by atoms with Crippen molar-refractivity contribution in [2.24, 2.45) is 0 Å². The first kappa shape index (κ1) is 13.8. The quantitative estimate of drug-likeness (QED) is 0.734. The molecule has 0 spiro atoms. The maximum atomic E-state index is 12.8. The van der Waals surface area contributed by atoms with Gasteiger partial charge < -0.3 is 14.2 Å². The molecule has 1 aromatic carbocycles. The standard InChI is InChI=1S/C15H11N3O4S/c1-20-15-16-13(12-3-2-6-23-12)18(17-15)14(19)9-4-5-10-11(7-9)22-8-21-10/h2-7H,8H2,1H3. The smallest absolute Gasteiger partial charge is 0.336 e. The van der Waals surface area contributed by atoms with Gasteiger partial charge in [0.25, 0.3) is 5.91 Å². The van der Waals surface area contributed by atoms with Crippen LogP contribution in [0.25, 0.3) is 10.7 Å². The first-order valence-electron chi connectivity index (χ1n) is 6.75. The molecular formula is C15H11N3O4S. The number of fused-ring (bicyclic) bond motifs is 1. The van der Waals surface area contributed by atoms with E-state index in [0.29, 0.717) is 22.9 Å². The van der Waals surface area contributed by atoms with Gasteiger partial charge >= 0.3 is 6.01 Å². The summed E-state index contributed by atoms with van der Waals surface area (Å²) in [7, 11) is 1.46. The Kier molecular flexibility index (Phi) is 3.23. The fourth-order valence-electron chi connectivity index (χ4n) is 2.24. The molecule has 4 rings (SSSR count). The van der Waals surface area contributed by atoms with Crippen molar-refractivity contribution in [2.75, 3.05) is 13.9 Å². The van der Waals surface area contributed by atoms with Crippen LogP contribution in [0.4, 0.5) is 0 Å². The molecule has 2 aromatic heterocycles. The molecule has 0 N–H and O–H groups in total. The Morgan fingerprint density at radius 3 is 2.96 bits per heavy atom. The van der Waals surface area contributed by atoms with E-state index in [9.17, 15) is 4.79 Å². The Balaban J connectivity index is 1.78. The Labute approximate surface area is 135 Å². The third-order valence-corrected chi connectivity index (χ3v) is 4.19. The molecule has 7 nitrogen and oxygen atoms in total. The number of benzene rings is 1. The van der Waals surface area contributed by atoms with Crippen LogP contribution in [0.5, 0.6) is 17.5 Å². The van der Waals surface area contributed by atoms with Crippen molar-refractivity contribution < 1.29 is 19.0 Å². The van der Waals surface area contributed by atoms with Crippen LogP contribution >= 0.6 is 11.3 Å². The summed E-state index contributed by atoms with van der Waals surface area (Å²) in [6.45, 7) is 0.157. The van der Waals surface area contributed by atoms with Gasteiger partial charge in [-0.15, -0.1) is 16.4 Å². The fourth-order valence-corrected chi connectivity index (χ4v) is 2.94. The first-order chi connectivity index (χ1) is 11.3. The number of aromatic nitrogens is 3. The van der Waals surface area contributed by atoms with Crippen molar-refractivity contribution in [3.8, 4) is 28.2 Å². The van der Waals surface area contributed by atoms with Gasteiger partial charge in [0.2, 0.25) is 6.79 Å². The second kappa shape index (κ2) is 5.40. The van der Waals surface area contributed by atoms with Crippen molar-refractivity contribution in [3.05, 3.63) is 41.3 Å². The Hall–Kier alpha value is -2.87. The van der Waals surface area contributed by atoms with E-state index in [1.165, 1.54) is 23.1 Å². The molecule has 1 aliphatic rings. The lowest BCUT2D eigenvalue weighted by atomic mass is 10.2. The SMILES string of the molecule is COc1nc(-c2cccs2)n(C(=O)c2ccc3c(c2)OCO3)n1. The second-order valence-corrected chi connectivity index (χ2v) is 5.63. The average molecular weight is 329 g/mol. The summed E-state index contributed by atoms with van der Waals surface area (Å²) in [5, 5.41) is 6.03. The van der Waals surface area contributed by atoms with Crippen LogP contribution in [0.3, 0.4) is 0 Å². The van der Waals surface area contributed by atoms with Crippen LogP contribution in [-0.2, 0) is 0 Å². The second-order valence-electron chi connectivity index (χ2n) is 4.68. The Morgan fingerprint density at radius 2 is 2.17 bits per heavy atom. The number of carbonyl (C=O) groups is 1. The lowest BCUT2D eigenvalue weighted by molar-refractivity contribution is 0.0945. The van der Waals surface area contributed by atoms with Gasteiger partial charge in [-0.25, -0.2) is 0 Å². The minimum atomic E-state index is -0.317. The number of rotatable bonds is 3. The van der Waals surface area contributed by atoms with Gasteiger partial charge in [-0.3, -0.25) is 4.79 Å². The third kappa shape index (κ3) is 2.33. The molecule has 0 saturated carbocycles. The van der Waals surface area contributed by atoms with E-state index in [4.69, 9.17) is 14.2 Å². The number of hydrogen-bond acceptors (Lipinski definition) is 7. The van der Waals surface area contributed by atoms with Gasteiger partial charge in [-0.05, 0) is 29.6 Å². The molecular weight excluding hydrogens is 318 g/mol. The summed E-state index contributed by atoms with van der Waals surface area (Å²) in [5.41, 5.74) is 0.430. The topological polar surface area (TPSA) is 75.5 Å². The van der Waals surface area contributed by atoms with Crippen molar-refractivity contribution in [3.63, 3.8) is 0 Å². The zero-order valence-corrected chi connectivity index (χ0v) is 12.9. The van der Waals surface area contributed by atoms with Gasteiger partial charge in [0.15, 0.2) is 17.3 Å². The summed E-state index contributed by atoms with van der Waals surface area (Å²) >= 11 is 1.47. The van der Waals surface area contributed by atoms with Gasteiger partial charge in [0.1, 0.15) is 0 Å². The molecule has 0 unspecified atom stereocenters. The van der Waals surface area contributed by atoms with E-state index in [1.807, 2.05) is 17.5 Å². The van der Waals surface area contributed by atoms with E-state index < -0.39 is 0 Å². The van der Waals surface area contributed by atoms with Crippen molar-refractivity contribution >= 4 is 17.2 Å². The summed E-state index contributed by atoms with van der Waals surface area (Å²) in [6.07, 6.45) is 0. The molecule has 0 saturated heterocycles. The van der Waals surface area contributed by atoms with Crippen LogP contribution in [0.15, 0.2) is 35.7 Å². The Bertz CT molecular complexity index is 873. The lowest BCUT2D eigenvalue weighted by Gasteiger charge is -2.04. The minimum absolute atomic E-state index is 0.141. The molecule has 8 heteroatoms.